The maximum absolute atomic E-state index is 13.0. The molecule has 1 aliphatic rings. The monoisotopic (exact) mass is 238 g/mol. The number of aliphatic carboxylic acids is 1. The Bertz CT molecular complexity index is 466. The first-order valence-electron chi connectivity index (χ1n) is 5.32. The summed E-state index contributed by atoms with van der Waals surface area (Å²) in [5.41, 5.74) is -0.232. The molecular weight excluding hydrogens is 227 g/mol. The van der Waals surface area contributed by atoms with E-state index in [4.69, 9.17) is 9.84 Å². The number of halogens is 1. The number of Topliss-reactive ketones (excluding diaryl/α,β-unsaturated/α-hetero) is 1. The topological polar surface area (TPSA) is 63.6 Å². The van der Waals surface area contributed by atoms with E-state index in [-0.39, 0.29) is 17.4 Å². The fraction of sp³-hybridized carbons (Fsp3) is 0.333. The van der Waals surface area contributed by atoms with E-state index < -0.39 is 17.6 Å². The second-order valence-corrected chi connectivity index (χ2v) is 3.95. The van der Waals surface area contributed by atoms with E-state index in [1.165, 1.54) is 6.07 Å². The highest BCUT2D eigenvalue weighted by molar-refractivity contribution is 6.40. The maximum atomic E-state index is 13.0. The molecule has 0 aromatic heterocycles. The largest absolute Gasteiger partial charge is 0.490 e. The van der Waals surface area contributed by atoms with Crippen molar-refractivity contribution in [3.63, 3.8) is 0 Å². The molecule has 0 spiro atoms. The van der Waals surface area contributed by atoms with Gasteiger partial charge >= 0.3 is 5.97 Å². The Morgan fingerprint density at radius 3 is 2.59 bits per heavy atom. The number of carboxylic acids is 1. The van der Waals surface area contributed by atoms with E-state index >= 15 is 0 Å². The number of carbonyl (C=O) groups is 2. The lowest BCUT2D eigenvalue weighted by Gasteiger charge is -2.27. The number of ether oxygens (including phenoxy) is 1. The molecule has 2 rings (SSSR count). The Kier molecular flexibility index (Phi) is 3.08. The maximum Gasteiger partial charge on any atom is 0.377 e. The van der Waals surface area contributed by atoms with Crippen LogP contribution < -0.4 is 4.74 Å². The van der Waals surface area contributed by atoms with Crippen molar-refractivity contribution in [3.05, 3.63) is 29.6 Å². The number of rotatable bonds is 4. The summed E-state index contributed by atoms with van der Waals surface area (Å²) in [6, 6.07) is 3.33. The smallest absolute Gasteiger partial charge is 0.377 e. The Hall–Kier alpha value is -1.91. The molecule has 5 heteroatoms. The number of hydrogen-bond donors (Lipinski definition) is 1. The Morgan fingerprint density at radius 2 is 2.06 bits per heavy atom. The summed E-state index contributed by atoms with van der Waals surface area (Å²) in [6.07, 6.45) is 2.80. The molecule has 1 N–H and O–H groups in total. The quantitative estimate of drug-likeness (QED) is 0.643. The van der Waals surface area contributed by atoms with Crippen LogP contribution in [0.25, 0.3) is 0 Å². The second-order valence-electron chi connectivity index (χ2n) is 3.95. The summed E-state index contributed by atoms with van der Waals surface area (Å²) in [7, 11) is 0. The zero-order chi connectivity index (χ0) is 12.4. The van der Waals surface area contributed by atoms with Gasteiger partial charge in [0.25, 0.3) is 5.78 Å². The Morgan fingerprint density at radius 1 is 1.35 bits per heavy atom. The summed E-state index contributed by atoms with van der Waals surface area (Å²) in [5, 5.41) is 8.63. The van der Waals surface area contributed by atoms with E-state index in [9.17, 15) is 14.0 Å². The van der Waals surface area contributed by atoms with Crippen LogP contribution in [0.3, 0.4) is 0 Å². The van der Waals surface area contributed by atoms with Gasteiger partial charge in [-0.2, -0.15) is 0 Å². The Balaban J connectivity index is 2.29. The normalized spacial score (nSPS) is 15.1. The van der Waals surface area contributed by atoms with Crippen molar-refractivity contribution < 1.29 is 23.8 Å². The molecule has 0 aliphatic heterocycles. The van der Waals surface area contributed by atoms with Crippen LogP contribution in [0, 0.1) is 5.82 Å². The number of carbonyl (C=O) groups excluding carboxylic acids is 1. The van der Waals surface area contributed by atoms with Crippen LogP contribution in [0.5, 0.6) is 5.75 Å². The van der Waals surface area contributed by atoms with Gasteiger partial charge in [-0.1, -0.05) is 0 Å². The molecule has 1 fully saturated rings. The van der Waals surface area contributed by atoms with Gasteiger partial charge in [-0.3, -0.25) is 4.79 Å². The number of benzene rings is 1. The van der Waals surface area contributed by atoms with Crippen LogP contribution >= 0.6 is 0 Å². The minimum atomic E-state index is -1.62. The average molecular weight is 238 g/mol. The highest BCUT2D eigenvalue weighted by Gasteiger charge is 2.24. The first-order valence-corrected chi connectivity index (χ1v) is 5.32. The molecule has 0 heterocycles. The van der Waals surface area contributed by atoms with Crippen LogP contribution in [-0.4, -0.2) is 23.0 Å². The molecule has 4 nitrogen and oxygen atoms in total. The molecule has 0 bridgehead atoms. The SMILES string of the molecule is O=C(O)C(=O)c1cc(F)ccc1OC1CCC1. The van der Waals surface area contributed by atoms with Crippen LogP contribution in [0.1, 0.15) is 29.6 Å². The van der Waals surface area contributed by atoms with Gasteiger partial charge in [-0.05, 0) is 37.5 Å². The third-order valence-corrected chi connectivity index (χ3v) is 2.73. The van der Waals surface area contributed by atoms with Crippen molar-refractivity contribution >= 4 is 11.8 Å². The molecule has 1 aromatic carbocycles. The van der Waals surface area contributed by atoms with E-state index in [0.29, 0.717) is 0 Å². The molecule has 0 atom stereocenters. The molecule has 90 valence electrons. The second kappa shape index (κ2) is 4.53. The standard InChI is InChI=1S/C12H11FO4/c13-7-4-5-10(17-8-2-1-3-8)9(6-7)11(14)12(15)16/h4-6,8H,1-3H2,(H,15,16). The fourth-order valence-corrected chi connectivity index (χ4v) is 1.57. The summed E-state index contributed by atoms with van der Waals surface area (Å²) < 4.78 is 18.5. The highest BCUT2D eigenvalue weighted by Crippen LogP contribution is 2.28. The van der Waals surface area contributed by atoms with E-state index in [1.54, 1.807) is 0 Å². The lowest BCUT2D eigenvalue weighted by molar-refractivity contribution is -0.131. The first-order chi connectivity index (χ1) is 8.08. The molecule has 1 saturated carbocycles. The van der Waals surface area contributed by atoms with Crippen molar-refractivity contribution in [3.8, 4) is 5.75 Å². The molecule has 0 amide bonds. The Labute approximate surface area is 97.0 Å². The molecular formula is C12H11FO4. The third kappa shape index (κ3) is 2.43. The van der Waals surface area contributed by atoms with Crippen LogP contribution in [0.2, 0.25) is 0 Å². The van der Waals surface area contributed by atoms with Gasteiger partial charge in [0.05, 0.1) is 11.7 Å². The summed E-state index contributed by atoms with van der Waals surface area (Å²) in [4.78, 5) is 22.0. The molecule has 0 radical (unpaired) electrons. The third-order valence-electron chi connectivity index (χ3n) is 2.73. The lowest BCUT2D eigenvalue weighted by atomic mass is 9.96. The fourth-order valence-electron chi connectivity index (χ4n) is 1.57. The van der Waals surface area contributed by atoms with Gasteiger partial charge in [0, 0.05) is 0 Å². The average Bonchev–Trinajstić information content (AvgIpc) is 2.23. The molecule has 0 saturated heterocycles. The summed E-state index contributed by atoms with van der Waals surface area (Å²) in [6.45, 7) is 0. The van der Waals surface area contributed by atoms with Gasteiger partial charge in [-0.25, -0.2) is 9.18 Å². The van der Waals surface area contributed by atoms with Crippen LogP contribution in [0.4, 0.5) is 4.39 Å². The predicted molar refractivity (Wildman–Crippen MR) is 56.6 cm³/mol. The van der Waals surface area contributed by atoms with Crippen LogP contribution in [-0.2, 0) is 4.79 Å². The van der Waals surface area contributed by atoms with Crippen molar-refractivity contribution in [2.24, 2.45) is 0 Å². The molecule has 17 heavy (non-hydrogen) atoms. The van der Waals surface area contributed by atoms with Crippen LogP contribution in [0.15, 0.2) is 18.2 Å². The summed E-state index contributed by atoms with van der Waals surface area (Å²) >= 11 is 0. The van der Waals surface area contributed by atoms with E-state index in [0.717, 1.165) is 31.4 Å². The van der Waals surface area contributed by atoms with Gasteiger partial charge in [0.1, 0.15) is 11.6 Å². The van der Waals surface area contributed by atoms with Crippen molar-refractivity contribution in [2.45, 2.75) is 25.4 Å². The predicted octanol–water partition coefficient (Wildman–Crippen LogP) is 2.02. The van der Waals surface area contributed by atoms with Gasteiger partial charge in [0.2, 0.25) is 0 Å². The van der Waals surface area contributed by atoms with Crippen molar-refractivity contribution in [1.29, 1.82) is 0 Å². The number of hydrogen-bond acceptors (Lipinski definition) is 3. The van der Waals surface area contributed by atoms with Crippen molar-refractivity contribution in [1.82, 2.24) is 0 Å². The minimum Gasteiger partial charge on any atom is -0.490 e. The van der Waals surface area contributed by atoms with Crippen molar-refractivity contribution in [2.75, 3.05) is 0 Å². The zero-order valence-corrected chi connectivity index (χ0v) is 8.98. The number of carboxylic acid groups (broad SMARTS) is 1. The highest BCUT2D eigenvalue weighted by atomic mass is 19.1. The molecule has 1 aromatic rings. The van der Waals surface area contributed by atoms with Gasteiger partial charge < -0.3 is 9.84 Å². The van der Waals surface area contributed by atoms with E-state index in [2.05, 4.69) is 0 Å². The first kappa shape index (κ1) is 11.6. The van der Waals surface area contributed by atoms with Gasteiger partial charge in [0.15, 0.2) is 0 Å². The van der Waals surface area contributed by atoms with Gasteiger partial charge in [-0.15, -0.1) is 0 Å². The zero-order valence-electron chi connectivity index (χ0n) is 8.98. The molecule has 1 aliphatic carbocycles. The number of ketones is 1. The lowest BCUT2D eigenvalue weighted by Crippen LogP contribution is -2.26. The van der Waals surface area contributed by atoms with E-state index in [1.807, 2.05) is 0 Å². The summed E-state index contributed by atoms with van der Waals surface area (Å²) in [5.74, 6) is -3.29. The molecule has 0 unspecified atom stereocenters. The minimum absolute atomic E-state index is 0.000746.